The molecule has 1 heterocycles. The van der Waals surface area contributed by atoms with Crippen molar-refractivity contribution in [3.63, 3.8) is 0 Å². The summed E-state index contributed by atoms with van der Waals surface area (Å²) < 4.78 is 0. The molecular weight excluding hydrogens is 118 g/mol. The van der Waals surface area contributed by atoms with Gasteiger partial charge in [-0.1, -0.05) is 0 Å². The van der Waals surface area contributed by atoms with Crippen molar-refractivity contribution >= 4 is 6.29 Å². The standard InChI is InChI=1S/C6H11NO2/c1-7-4-2-3-6(7,9)5-8/h5,9H,2-4H2,1H3. The number of hydrogen-bond acceptors (Lipinski definition) is 3. The summed E-state index contributed by atoms with van der Waals surface area (Å²) in [4.78, 5) is 11.9. The van der Waals surface area contributed by atoms with Gasteiger partial charge in [0.25, 0.3) is 0 Å². The van der Waals surface area contributed by atoms with E-state index in [2.05, 4.69) is 0 Å². The van der Waals surface area contributed by atoms with Crippen LogP contribution in [0.1, 0.15) is 12.8 Å². The number of aliphatic hydroxyl groups is 1. The Morgan fingerprint density at radius 3 is 2.67 bits per heavy atom. The fraction of sp³-hybridized carbons (Fsp3) is 0.833. The number of nitrogens with zero attached hydrogens (tertiary/aromatic N) is 1. The Bertz CT molecular complexity index is 126. The molecule has 1 rings (SSSR count). The molecule has 1 fully saturated rings. The molecule has 0 aromatic carbocycles. The van der Waals surface area contributed by atoms with Crippen molar-refractivity contribution in [1.29, 1.82) is 0 Å². The summed E-state index contributed by atoms with van der Waals surface area (Å²) >= 11 is 0. The number of likely N-dealkylation sites (N-methyl/N-ethyl adjacent to an activating group) is 1. The molecule has 1 saturated heterocycles. The second-order valence-electron chi connectivity index (χ2n) is 2.52. The Labute approximate surface area is 54.3 Å². The molecule has 3 nitrogen and oxygen atoms in total. The smallest absolute Gasteiger partial charge is 0.174 e. The molecular formula is C6H11NO2. The minimum atomic E-state index is -1.15. The second-order valence-corrected chi connectivity index (χ2v) is 2.52. The maximum atomic E-state index is 10.2. The Morgan fingerprint density at radius 1 is 1.78 bits per heavy atom. The molecule has 0 aromatic rings. The van der Waals surface area contributed by atoms with Gasteiger partial charge < -0.3 is 5.11 Å². The maximum Gasteiger partial charge on any atom is 0.174 e. The van der Waals surface area contributed by atoms with Gasteiger partial charge in [-0.3, -0.25) is 9.69 Å². The van der Waals surface area contributed by atoms with E-state index in [1.807, 2.05) is 0 Å². The molecule has 0 bridgehead atoms. The van der Waals surface area contributed by atoms with E-state index < -0.39 is 5.72 Å². The first kappa shape index (κ1) is 6.71. The molecule has 3 heteroatoms. The zero-order chi connectivity index (χ0) is 6.91. The van der Waals surface area contributed by atoms with E-state index in [4.69, 9.17) is 0 Å². The van der Waals surface area contributed by atoms with Crippen LogP contribution in [0.5, 0.6) is 0 Å². The highest BCUT2D eigenvalue weighted by molar-refractivity contribution is 5.61. The van der Waals surface area contributed by atoms with Crippen LogP contribution in [0.3, 0.4) is 0 Å². The highest BCUT2D eigenvalue weighted by Gasteiger charge is 2.35. The number of hydrogen-bond donors (Lipinski definition) is 1. The number of carbonyl (C=O) groups excluding carboxylic acids is 1. The topological polar surface area (TPSA) is 40.5 Å². The first-order valence-electron chi connectivity index (χ1n) is 3.09. The van der Waals surface area contributed by atoms with Crippen molar-refractivity contribution < 1.29 is 9.90 Å². The van der Waals surface area contributed by atoms with E-state index in [-0.39, 0.29) is 0 Å². The molecule has 1 atom stereocenters. The summed E-state index contributed by atoms with van der Waals surface area (Å²) in [5.41, 5.74) is -1.15. The van der Waals surface area contributed by atoms with Gasteiger partial charge in [-0.15, -0.1) is 0 Å². The Kier molecular flexibility index (Phi) is 1.55. The van der Waals surface area contributed by atoms with E-state index >= 15 is 0 Å². The highest BCUT2D eigenvalue weighted by atomic mass is 16.3. The largest absolute Gasteiger partial charge is 0.369 e. The highest BCUT2D eigenvalue weighted by Crippen LogP contribution is 2.21. The van der Waals surface area contributed by atoms with Gasteiger partial charge in [0.2, 0.25) is 0 Å². The molecule has 9 heavy (non-hydrogen) atoms. The van der Waals surface area contributed by atoms with Gasteiger partial charge in [0.15, 0.2) is 12.0 Å². The van der Waals surface area contributed by atoms with Gasteiger partial charge in [-0.2, -0.15) is 0 Å². The summed E-state index contributed by atoms with van der Waals surface area (Å²) in [6.07, 6.45) is 2.10. The molecule has 1 aliphatic heterocycles. The van der Waals surface area contributed by atoms with Crippen LogP contribution in [0, 0.1) is 0 Å². The third kappa shape index (κ3) is 0.976. The fourth-order valence-electron chi connectivity index (χ4n) is 1.11. The first-order chi connectivity index (χ1) is 4.19. The van der Waals surface area contributed by atoms with Crippen LogP contribution in [-0.4, -0.2) is 35.6 Å². The van der Waals surface area contributed by atoms with E-state index in [1.165, 1.54) is 0 Å². The van der Waals surface area contributed by atoms with Crippen molar-refractivity contribution in [2.75, 3.05) is 13.6 Å². The SMILES string of the molecule is CN1CCCC1(O)C=O. The van der Waals surface area contributed by atoms with E-state index in [0.717, 1.165) is 13.0 Å². The third-order valence-corrected chi connectivity index (χ3v) is 1.89. The summed E-state index contributed by atoms with van der Waals surface area (Å²) in [5.74, 6) is 0. The first-order valence-corrected chi connectivity index (χ1v) is 3.09. The summed E-state index contributed by atoms with van der Waals surface area (Å²) in [6.45, 7) is 0.815. The molecule has 0 amide bonds. The van der Waals surface area contributed by atoms with Gasteiger partial charge in [0.1, 0.15) is 0 Å². The zero-order valence-electron chi connectivity index (χ0n) is 5.50. The van der Waals surface area contributed by atoms with E-state index in [0.29, 0.717) is 12.7 Å². The lowest BCUT2D eigenvalue weighted by atomic mass is 10.2. The zero-order valence-corrected chi connectivity index (χ0v) is 5.50. The van der Waals surface area contributed by atoms with Crippen molar-refractivity contribution in [3.05, 3.63) is 0 Å². The van der Waals surface area contributed by atoms with Crippen molar-refractivity contribution in [2.45, 2.75) is 18.6 Å². The van der Waals surface area contributed by atoms with Crippen molar-refractivity contribution in [2.24, 2.45) is 0 Å². The predicted octanol–water partition coefficient (Wildman–Crippen LogP) is -0.401. The van der Waals surface area contributed by atoms with E-state index in [1.54, 1.807) is 11.9 Å². The summed E-state index contributed by atoms with van der Waals surface area (Å²) in [6, 6.07) is 0. The number of rotatable bonds is 1. The van der Waals surface area contributed by atoms with Gasteiger partial charge in [0.05, 0.1) is 0 Å². The lowest BCUT2D eigenvalue weighted by molar-refractivity contribution is -0.137. The number of likely N-dealkylation sites (tertiary alicyclic amines) is 1. The molecule has 1 unspecified atom stereocenters. The van der Waals surface area contributed by atoms with Crippen LogP contribution in [-0.2, 0) is 4.79 Å². The monoisotopic (exact) mass is 129 g/mol. The van der Waals surface area contributed by atoms with Crippen LogP contribution in [0.4, 0.5) is 0 Å². The third-order valence-electron chi connectivity index (χ3n) is 1.89. The fourth-order valence-corrected chi connectivity index (χ4v) is 1.11. The number of aldehydes is 1. The lowest BCUT2D eigenvalue weighted by Gasteiger charge is -2.23. The van der Waals surface area contributed by atoms with Gasteiger partial charge in [-0.05, 0) is 19.9 Å². The normalized spacial score (nSPS) is 37.1. The second kappa shape index (κ2) is 2.08. The Hall–Kier alpha value is -0.410. The molecule has 52 valence electrons. The van der Waals surface area contributed by atoms with Gasteiger partial charge in [0, 0.05) is 6.54 Å². The average Bonchev–Trinajstić information content (AvgIpc) is 2.15. The summed E-state index contributed by atoms with van der Waals surface area (Å²) in [5, 5.41) is 9.33. The molecule has 0 radical (unpaired) electrons. The lowest BCUT2D eigenvalue weighted by Crippen LogP contribution is -2.42. The molecule has 0 spiro atoms. The van der Waals surface area contributed by atoms with Crippen LogP contribution < -0.4 is 0 Å². The Balaban J connectivity index is 2.66. The minimum Gasteiger partial charge on any atom is -0.369 e. The molecule has 0 aromatic heterocycles. The summed E-state index contributed by atoms with van der Waals surface area (Å²) in [7, 11) is 1.75. The van der Waals surface area contributed by atoms with Crippen LogP contribution >= 0.6 is 0 Å². The maximum absolute atomic E-state index is 10.2. The molecule has 0 aliphatic carbocycles. The minimum absolute atomic E-state index is 0.576. The predicted molar refractivity (Wildman–Crippen MR) is 32.9 cm³/mol. The van der Waals surface area contributed by atoms with Crippen LogP contribution in [0.2, 0.25) is 0 Å². The number of carbonyl (C=O) groups is 1. The van der Waals surface area contributed by atoms with Crippen LogP contribution in [0.25, 0.3) is 0 Å². The van der Waals surface area contributed by atoms with E-state index in [9.17, 15) is 9.90 Å². The van der Waals surface area contributed by atoms with Crippen molar-refractivity contribution in [3.8, 4) is 0 Å². The molecule has 0 saturated carbocycles. The quantitative estimate of drug-likeness (QED) is 0.490. The molecule has 1 aliphatic rings. The van der Waals surface area contributed by atoms with Crippen molar-refractivity contribution in [1.82, 2.24) is 4.90 Å². The Morgan fingerprint density at radius 2 is 2.44 bits per heavy atom. The van der Waals surface area contributed by atoms with Gasteiger partial charge in [-0.25, -0.2) is 0 Å². The van der Waals surface area contributed by atoms with Gasteiger partial charge >= 0.3 is 0 Å². The average molecular weight is 129 g/mol. The molecule has 1 N–H and O–H groups in total. The van der Waals surface area contributed by atoms with Crippen LogP contribution in [0.15, 0.2) is 0 Å².